The Morgan fingerprint density at radius 2 is 1.43 bits per heavy atom. The van der Waals surface area contributed by atoms with Crippen molar-refractivity contribution in [1.29, 1.82) is 0 Å². The van der Waals surface area contributed by atoms with Gasteiger partial charge in [0, 0.05) is 42.1 Å². The Balaban J connectivity index is 1.27. The molecule has 0 aliphatic carbocycles. The molecule has 1 unspecified atom stereocenters. The first kappa shape index (κ1) is 19.7. The van der Waals surface area contributed by atoms with E-state index in [2.05, 4.69) is 39.8 Å². The molecule has 2 amide bonds. The minimum absolute atomic E-state index is 0.0888. The molecule has 1 atom stereocenters. The van der Waals surface area contributed by atoms with Gasteiger partial charge in [-0.05, 0) is 60.9 Å². The number of carbonyl (C=O) groups is 2. The van der Waals surface area contributed by atoms with Crippen LogP contribution < -0.4 is 15.5 Å². The molecule has 3 aromatic rings. The molecule has 1 fully saturated rings. The fourth-order valence-corrected chi connectivity index (χ4v) is 3.71. The van der Waals surface area contributed by atoms with Crippen molar-refractivity contribution in [2.45, 2.75) is 6.42 Å². The Hall–Kier alpha value is -3.60. The fourth-order valence-electron chi connectivity index (χ4n) is 3.71. The van der Waals surface area contributed by atoms with Gasteiger partial charge in [-0.3, -0.25) is 9.59 Å². The van der Waals surface area contributed by atoms with Crippen molar-refractivity contribution in [3.8, 4) is 0 Å². The zero-order chi connectivity index (χ0) is 20.8. The topological polar surface area (TPSA) is 61.4 Å². The highest BCUT2D eigenvalue weighted by Crippen LogP contribution is 2.23. The second-order valence-corrected chi connectivity index (χ2v) is 7.54. The van der Waals surface area contributed by atoms with E-state index in [9.17, 15) is 9.59 Å². The normalized spacial score (nSPS) is 15.6. The van der Waals surface area contributed by atoms with Crippen LogP contribution in [0.3, 0.4) is 0 Å². The summed E-state index contributed by atoms with van der Waals surface area (Å²) in [5, 5.41) is 5.89. The Kier molecular flexibility index (Phi) is 6.09. The molecule has 0 spiro atoms. The van der Waals surface area contributed by atoms with Crippen molar-refractivity contribution in [2.75, 3.05) is 29.9 Å². The van der Waals surface area contributed by atoms with Gasteiger partial charge in [0.25, 0.3) is 11.8 Å². The smallest absolute Gasteiger partial charge is 0.255 e. The van der Waals surface area contributed by atoms with Gasteiger partial charge in [0.2, 0.25) is 0 Å². The largest absolute Gasteiger partial charge is 0.371 e. The molecule has 3 aromatic carbocycles. The highest BCUT2D eigenvalue weighted by Gasteiger charge is 2.23. The van der Waals surface area contributed by atoms with Crippen LogP contribution in [0.15, 0.2) is 84.9 Å². The van der Waals surface area contributed by atoms with Crippen LogP contribution in [0, 0.1) is 5.92 Å². The molecule has 0 saturated carbocycles. The van der Waals surface area contributed by atoms with Crippen LogP contribution in [0.5, 0.6) is 0 Å². The number of anilines is 2. The van der Waals surface area contributed by atoms with E-state index in [1.807, 2.05) is 24.3 Å². The zero-order valence-corrected chi connectivity index (χ0v) is 16.8. The average Bonchev–Trinajstić information content (AvgIpc) is 3.28. The van der Waals surface area contributed by atoms with E-state index in [1.54, 1.807) is 36.4 Å². The molecular formula is C25H25N3O2. The SMILES string of the molecule is O=C(NCC1CCN(c2ccccc2)C1)c1ccc(NC(=O)c2ccccc2)cc1. The van der Waals surface area contributed by atoms with E-state index in [4.69, 9.17) is 0 Å². The number of para-hydroxylation sites is 1. The van der Waals surface area contributed by atoms with Crippen LogP contribution in [-0.2, 0) is 0 Å². The third-order valence-corrected chi connectivity index (χ3v) is 5.40. The van der Waals surface area contributed by atoms with E-state index in [0.29, 0.717) is 29.3 Å². The van der Waals surface area contributed by atoms with Gasteiger partial charge in [-0.15, -0.1) is 0 Å². The minimum atomic E-state index is -0.169. The highest BCUT2D eigenvalue weighted by molar-refractivity contribution is 6.04. The number of rotatable bonds is 6. The second-order valence-electron chi connectivity index (χ2n) is 7.54. The Bertz CT molecular complexity index is 988. The molecule has 4 rings (SSSR count). The lowest BCUT2D eigenvalue weighted by Crippen LogP contribution is -2.31. The van der Waals surface area contributed by atoms with Gasteiger partial charge in [-0.1, -0.05) is 36.4 Å². The predicted molar refractivity (Wildman–Crippen MR) is 120 cm³/mol. The lowest BCUT2D eigenvalue weighted by molar-refractivity contribution is 0.0947. The Morgan fingerprint density at radius 1 is 0.800 bits per heavy atom. The molecule has 152 valence electrons. The summed E-state index contributed by atoms with van der Waals surface area (Å²) in [7, 11) is 0. The molecule has 2 N–H and O–H groups in total. The van der Waals surface area contributed by atoms with Gasteiger partial charge in [0.05, 0.1) is 0 Å². The van der Waals surface area contributed by atoms with Crippen LogP contribution in [-0.4, -0.2) is 31.4 Å². The maximum atomic E-state index is 12.5. The number of nitrogens with zero attached hydrogens (tertiary/aromatic N) is 1. The third kappa shape index (κ3) is 4.87. The van der Waals surface area contributed by atoms with E-state index < -0.39 is 0 Å². The number of carbonyl (C=O) groups excluding carboxylic acids is 2. The molecule has 30 heavy (non-hydrogen) atoms. The number of benzene rings is 3. The van der Waals surface area contributed by atoms with Crippen molar-refractivity contribution < 1.29 is 9.59 Å². The Morgan fingerprint density at radius 3 is 2.13 bits per heavy atom. The molecule has 0 radical (unpaired) electrons. The van der Waals surface area contributed by atoms with Crippen molar-refractivity contribution >= 4 is 23.2 Å². The summed E-state index contributed by atoms with van der Waals surface area (Å²) < 4.78 is 0. The van der Waals surface area contributed by atoms with Gasteiger partial charge in [0.15, 0.2) is 0 Å². The molecule has 1 saturated heterocycles. The zero-order valence-electron chi connectivity index (χ0n) is 16.8. The highest BCUT2D eigenvalue weighted by atomic mass is 16.2. The maximum Gasteiger partial charge on any atom is 0.255 e. The molecule has 1 aliphatic heterocycles. The minimum Gasteiger partial charge on any atom is -0.371 e. The lowest BCUT2D eigenvalue weighted by atomic mass is 10.1. The fraction of sp³-hybridized carbons (Fsp3) is 0.200. The summed E-state index contributed by atoms with van der Waals surface area (Å²) in [5.41, 5.74) is 3.08. The monoisotopic (exact) mass is 399 g/mol. The Labute approximate surface area is 176 Å². The van der Waals surface area contributed by atoms with E-state index in [0.717, 1.165) is 19.5 Å². The first-order valence-electron chi connectivity index (χ1n) is 10.2. The maximum absolute atomic E-state index is 12.5. The second kappa shape index (κ2) is 9.27. The first-order valence-corrected chi connectivity index (χ1v) is 10.2. The quantitative estimate of drug-likeness (QED) is 0.653. The number of nitrogens with one attached hydrogen (secondary N) is 2. The summed E-state index contributed by atoms with van der Waals surface area (Å²) in [5.74, 6) is 0.185. The van der Waals surface area contributed by atoms with Crippen LogP contribution in [0.25, 0.3) is 0 Å². The molecule has 5 nitrogen and oxygen atoms in total. The molecule has 0 bridgehead atoms. The van der Waals surface area contributed by atoms with Crippen molar-refractivity contribution in [2.24, 2.45) is 5.92 Å². The van der Waals surface area contributed by atoms with Crippen LogP contribution in [0.4, 0.5) is 11.4 Å². The van der Waals surface area contributed by atoms with Gasteiger partial charge in [0.1, 0.15) is 0 Å². The van der Waals surface area contributed by atoms with Gasteiger partial charge in [-0.25, -0.2) is 0 Å². The summed E-state index contributed by atoms with van der Waals surface area (Å²) in [6, 6.07) is 26.4. The van der Waals surface area contributed by atoms with Crippen molar-refractivity contribution in [3.63, 3.8) is 0 Å². The van der Waals surface area contributed by atoms with E-state index in [-0.39, 0.29) is 11.8 Å². The average molecular weight is 399 g/mol. The standard InChI is InChI=1S/C25H25N3O2/c29-24(26-17-19-15-16-28(18-19)23-9-5-2-6-10-23)21-11-13-22(14-12-21)27-25(30)20-7-3-1-4-8-20/h1-14,19H,15-18H2,(H,26,29)(H,27,30). The predicted octanol–water partition coefficient (Wildman–Crippen LogP) is 4.20. The first-order chi connectivity index (χ1) is 14.7. The van der Waals surface area contributed by atoms with Gasteiger partial charge < -0.3 is 15.5 Å². The molecule has 1 aliphatic rings. The molecular weight excluding hydrogens is 374 g/mol. The number of hydrogen-bond acceptors (Lipinski definition) is 3. The van der Waals surface area contributed by atoms with Crippen LogP contribution >= 0.6 is 0 Å². The van der Waals surface area contributed by atoms with Crippen LogP contribution in [0.1, 0.15) is 27.1 Å². The van der Waals surface area contributed by atoms with Crippen molar-refractivity contribution in [3.05, 3.63) is 96.1 Å². The lowest BCUT2D eigenvalue weighted by Gasteiger charge is -2.18. The van der Waals surface area contributed by atoms with Crippen molar-refractivity contribution in [1.82, 2.24) is 5.32 Å². The number of hydrogen-bond donors (Lipinski definition) is 2. The summed E-state index contributed by atoms with van der Waals surface area (Å²) in [6.07, 6.45) is 1.07. The molecule has 5 heteroatoms. The van der Waals surface area contributed by atoms with Gasteiger partial charge in [-0.2, -0.15) is 0 Å². The number of amides is 2. The summed E-state index contributed by atoms with van der Waals surface area (Å²) in [6.45, 7) is 2.63. The van der Waals surface area contributed by atoms with Crippen LogP contribution in [0.2, 0.25) is 0 Å². The summed E-state index contributed by atoms with van der Waals surface area (Å²) >= 11 is 0. The third-order valence-electron chi connectivity index (χ3n) is 5.40. The summed E-state index contributed by atoms with van der Waals surface area (Å²) in [4.78, 5) is 27.1. The molecule has 1 heterocycles. The van der Waals surface area contributed by atoms with E-state index in [1.165, 1.54) is 5.69 Å². The molecule has 0 aromatic heterocycles. The van der Waals surface area contributed by atoms with Gasteiger partial charge >= 0.3 is 0 Å². The van der Waals surface area contributed by atoms with E-state index >= 15 is 0 Å².